The third-order valence-corrected chi connectivity index (χ3v) is 7.33. The molecule has 196 valence electrons. The summed E-state index contributed by atoms with van der Waals surface area (Å²) >= 11 is -0.436. The highest BCUT2D eigenvalue weighted by Gasteiger charge is 2.31. The third-order valence-electron chi connectivity index (χ3n) is 4.89. The maximum atomic E-state index is 13.0. The first-order valence-electron chi connectivity index (χ1n) is 10.1. The van der Waals surface area contributed by atoms with Crippen LogP contribution in [0.2, 0.25) is 0 Å². The number of alkyl halides is 6. The van der Waals surface area contributed by atoms with Gasteiger partial charge in [0.1, 0.15) is 10.6 Å². The summed E-state index contributed by atoms with van der Waals surface area (Å²) in [6.45, 7) is 1.35. The molecule has 1 aromatic carbocycles. The molecule has 0 aliphatic rings. The topological polar surface area (TPSA) is 95.6 Å². The fourth-order valence-corrected chi connectivity index (χ4v) is 4.87. The Labute approximate surface area is 208 Å². The van der Waals surface area contributed by atoms with Crippen LogP contribution in [0, 0.1) is 0 Å². The van der Waals surface area contributed by atoms with Gasteiger partial charge in [-0.2, -0.15) is 17.9 Å². The predicted molar refractivity (Wildman–Crippen MR) is 120 cm³/mol. The van der Waals surface area contributed by atoms with E-state index in [9.17, 15) is 39.6 Å². The lowest BCUT2D eigenvalue weighted by molar-refractivity contribution is -0.274. The summed E-state index contributed by atoms with van der Waals surface area (Å²) in [6.07, 6.45) is -2.78. The lowest BCUT2D eigenvalue weighted by atomic mass is 10.1. The van der Waals surface area contributed by atoms with Gasteiger partial charge in [0.15, 0.2) is 21.3 Å². The van der Waals surface area contributed by atoms with Crippen LogP contribution in [0.3, 0.4) is 0 Å². The molecule has 16 heteroatoms. The van der Waals surface area contributed by atoms with Gasteiger partial charge >= 0.3 is 17.6 Å². The van der Waals surface area contributed by atoms with Crippen molar-refractivity contribution < 1.29 is 39.5 Å². The van der Waals surface area contributed by atoms with E-state index in [-0.39, 0.29) is 21.9 Å². The average Bonchev–Trinajstić information content (AvgIpc) is 3.13. The largest absolute Gasteiger partial charge is 0.573 e. The van der Waals surface area contributed by atoms with Gasteiger partial charge in [-0.1, -0.05) is 19.1 Å². The van der Waals surface area contributed by atoms with Crippen LogP contribution in [0.15, 0.2) is 69.4 Å². The molecule has 3 aromatic heterocycles. The molecule has 0 saturated heterocycles. The van der Waals surface area contributed by atoms with Crippen molar-refractivity contribution in [2.75, 3.05) is 5.75 Å². The molecule has 0 spiro atoms. The summed E-state index contributed by atoms with van der Waals surface area (Å²) in [6, 6.07) is 8.05. The van der Waals surface area contributed by atoms with Crippen LogP contribution in [0.25, 0.3) is 22.6 Å². The Balaban J connectivity index is 1.81. The summed E-state index contributed by atoms with van der Waals surface area (Å²) in [7, 11) is -4.02. The first-order valence-corrected chi connectivity index (χ1v) is 12.6. The van der Waals surface area contributed by atoms with E-state index in [0.29, 0.717) is 10.2 Å². The first-order chi connectivity index (χ1) is 17.2. The number of hydrogen-bond acceptors (Lipinski definition) is 7. The van der Waals surface area contributed by atoms with Crippen LogP contribution in [-0.4, -0.2) is 45.2 Å². The van der Waals surface area contributed by atoms with Gasteiger partial charge < -0.3 is 4.74 Å². The van der Waals surface area contributed by atoms with E-state index in [1.54, 1.807) is 0 Å². The van der Waals surface area contributed by atoms with E-state index in [1.807, 2.05) is 0 Å². The van der Waals surface area contributed by atoms with Crippen LogP contribution in [0.1, 0.15) is 6.92 Å². The van der Waals surface area contributed by atoms with Gasteiger partial charge in [0.25, 0.3) is 0 Å². The summed E-state index contributed by atoms with van der Waals surface area (Å²) in [4.78, 5) is 16.3. The molecule has 0 atom stereocenters. The number of pyridine rings is 2. The number of nitrogens with zero attached hydrogens (tertiary/aromatic N) is 4. The summed E-state index contributed by atoms with van der Waals surface area (Å²) in [5.41, 5.74) is -5.10. The monoisotopic (exact) mass is 564 g/mol. The number of ether oxygens (including phenoxy) is 1. The van der Waals surface area contributed by atoms with Gasteiger partial charge in [0.2, 0.25) is 0 Å². The van der Waals surface area contributed by atoms with Gasteiger partial charge in [-0.25, -0.2) is 22.6 Å². The number of fused-ring (bicyclic) bond motifs is 1. The Kier molecular flexibility index (Phi) is 6.74. The Morgan fingerprint density at radius 1 is 1.00 bits per heavy atom. The molecule has 0 unspecified atom stereocenters. The number of hydrogen-bond donors (Lipinski definition) is 0. The summed E-state index contributed by atoms with van der Waals surface area (Å²) < 4.78 is 106. The number of benzene rings is 1. The second-order valence-corrected chi connectivity index (χ2v) is 10.7. The summed E-state index contributed by atoms with van der Waals surface area (Å²) in [5, 5.41) is 4.00. The molecule has 0 radical (unpaired) electrons. The quantitative estimate of drug-likeness (QED) is 0.244. The molecule has 0 aliphatic heterocycles. The molecule has 0 saturated carbocycles. The molecular weight excluding hydrogens is 550 g/mol. The van der Waals surface area contributed by atoms with Crippen molar-refractivity contribution in [3.8, 4) is 22.7 Å². The maximum absolute atomic E-state index is 13.0. The minimum absolute atomic E-state index is 0.0532. The van der Waals surface area contributed by atoms with Crippen molar-refractivity contribution in [2.45, 2.75) is 28.6 Å². The molecule has 0 N–H and O–H groups in total. The van der Waals surface area contributed by atoms with E-state index in [4.69, 9.17) is 0 Å². The van der Waals surface area contributed by atoms with Crippen molar-refractivity contribution >= 4 is 27.2 Å². The molecule has 8 nitrogen and oxygen atoms in total. The fraction of sp³-hybridized carbons (Fsp3) is 0.190. The predicted octanol–water partition coefficient (Wildman–Crippen LogP) is 4.85. The Hall–Kier alpha value is -3.53. The Morgan fingerprint density at radius 3 is 2.27 bits per heavy atom. The van der Waals surface area contributed by atoms with Gasteiger partial charge in [-0.05, 0) is 47.7 Å². The minimum atomic E-state index is -4.89. The highest BCUT2D eigenvalue weighted by atomic mass is 32.2. The highest BCUT2D eigenvalue weighted by Crippen LogP contribution is 2.36. The number of rotatable bonds is 6. The van der Waals surface area contributed by atoms with Crippen molar-refractivity contribution in [1.82, 2.24) is 19.2 Å². The van der Waals surface area contributed by atoms with Crippen LogP contribution in [0.5, 0.6) is 5.75 Å². The van der Waals surface area contributed by atoms with E-state index in [0.717, 1.165) is 28.8 Å². The van der Waals surface area contributed by atoms with Gasteiger partial charge in [0, 0.05) is 22.9 Å². The smallest absolute Gasteiger partial charge is 0.406 e. The molecular formula is C21H14F6N4O4S2. The van der Waals surface area contributed by atoms with Gasteiger partial charge in [-0.15, -0.1) is 18.3 Å². The van der Waals surface area contributed by atoms with E-state index < -0.39 is 55.6 Å². The third kappa shape index (κ3) is 5.90. The molecule has 4 rings (SSSR count). The average molecular weight is 564 g/mol. The Bertz CT molecular complexity index is 1630. The normalized spacial score (nSPS) is 12.7. The number of sulfone groups is 1. The lowest BCUT2D eigenvalue weighted by Crippen LogP contribution is -2.23. The highest BCUT2D eigenvalue weighted by molar-refractivity contribution is 8.00. The van der Waals surface area contributed by atoms with Crippen molar-refractivity contribution in [2.24, 2.45) is 0 Å². The number of aromatic nitrogens is 4. The van der Waals surface area contributed by atoms with Crippen LogP contribution in [-0.2, 0) is 9.84 Å². The van der Waals surface area contributed by atoms with Crippen molar-refractivity contribution in [3.63, 3.8) is 0 Å². The molecule has 0 bridgehead atoms. The standard InChI is InChI=1S/C21H14F6N4O4S2/c1-2-37(33,34)16-9-13(12-3-5-14(6-4-12)35-20(22,23)24)10-28-18(16)31-19(32)30-11-15(36-21(25,26)27)7-8-17(30)29-31/h3-11H,2H2,1H3. The molecule has 0 aliphatic carbocycles. The van der Waals surface area contributed by atoms with Gasteiger partial charge in [-0.3, -0.25) is 0 Å². The van der Waals surface area contributed by atoms with Gasteiger partial charge in [0.05, 0.1) is 5.75 Å². The second kappa shape index (κ2) is 9.41. The molecule has 0 amide bonds. The zero-order chi connectivity index (χ0) is 27.2. The molecule has 37 heavy (non-hydrogen) atoms. The zero-order valence-electron chi connectivity index (χ0n) is 18.4. The molecule has 3 heterocycles. The van der Waals surface area contributed by atoms with E-state index in [2.05, 4.69) is 14.8 Å². The fourth-order valence-electron chi connectivity index (χ4n) is 3.28. The van der Waals surface area contributed by atoms with Crippen LogP contribution < -0.4 is 10.4 Å². The number of halogens is 6. The maximum Gasteiger partial charge on any atom is 0.573 e. The van der Waals surface area contributed by atoms with E-state index >= 15 is 0 Å². The molecule has 4 aromatic rings. The van der Waals surface area contributed by atoms with Crippen molar-refractivity contribution in [3.05, 3.63) is 65.3 Å². The SMILES string of the molecule is CCS(=O)(=O)c1cc(-c2ccc(OC(F)(F)F)cc2)cnc1-n1nc2ccc(SC(F)(F)F)cn2c1=O. The number of thioether (sulfide) groups is 1. The first kappa shape index (κ1) is 26.5. The second-order valence-electron chi connectivity index (χ2n) is 7.36. The van der Waals surface area contributed by atoms with E-state index in [1.165, 1.54) is 37.4 Å². The van der Waals surface area contributed by atoms with Crippen molar-refractivity contribution in [1.29, 1.82) is 0 Å². The van der Waals surface area contributed by atoms with Crippen LogP contribution in [0.4, 0.5) is 26.3 Å². The van der Waals surface area contributed by atoms with Crippen LogP contribution >= 0.6 is 11.8 Å². The summed E-state index contributed by atoms with van der Waals surface area (Å²) in [5.74, 6) is -1.26. The zero-order valence-corrected chi connectivity index (χ0v) is 20.0. The Morgan fingerprint density at radius 2 is 1.68 bits per heavy atom. The minimum Gasteiger partial charge on any atom is -0.406 e. The lowest BCUT2D eigenvalue weighted by Gasteiger charge is -2.11. The molecule has 0 fully saturated rings.